The topological polar surface area (TPSA) is 82.7 Å². The molecule has 8 heteroatoms. The van der Waals surface area contributed by atoms with E-state index in [2.05, 4.69) is 14.8 Å². The van der Waals surface area contributed by atoms with Crippen molar-refractivity contribution in [3.05, 3.63) is 64.1 Å². The van der Waals surface area contributed by atoms with Gasteiger partial charge in [0.25, 0.3) is 5.69 Å². The predicted octanol–water partition coefficient (Wildman–Crippen LogP) is 1.98. The molecule has 0 amide bonds. The molecule has 1 aliphatic heterocycles. The number of hydrogen-bond donors (Lipinski definition) is 1. The monoisotopic (exact) mass is 346 g/mol. The first kappa shape index (κ1) is 17.2. The Morgan fingerprint density at radius 1 is 1.16 bits per heavy atom. The van der Waals surface area contributed by atoms with E-state index >= 15 is 0 Å². The number of aliphatic hydroxyl groups is 1. The van der Waals surface area contributed by atoms with Crippen LogP contribution in [0.15, 0.2) is 42.6 Å². The lowest BCUT2D eigenvalue weighted by Gasteiger charge is -2.36. The molecule has 1 fully saturated rings. The lowest BCUT2D eigenvalue weighted by Crippen LogP contribution is -2.47. The number of aromatic nitrogens is 1. The number of hydrogen-bond acceptors (Lipinski definition) is 6. The second-order valence-corrected chi connectivity index (χ2v) is 5.99. The molecule has 1 atom stereocenters. The Morgan fingerprint density at radius 3 is 2.40 bits per heavy atom. The molecule has 2 aromatic rings. The smallest absolute Gasteiger partial charge is 0.287 e. The van der Waals surface area contributed by atoms with Crippen LogP contribution in [-0.2, 0) is 0 Å². The Hall–Kier alpha value is -2.58. The van der Waals surface area contributed by atoms with Gasteiger partial charge < -0.3 is 10.0 Å². The van der Waals surface area contributed by atoms with Crippen LogP contribution in [0.25, 0.3) is 0 Å². The van der Waals surface area contributed by atoms with Gasteiger partial charge in [-0.15, -0.1) is 0 Å². The lowest BCUT2D eigenvalue weighted by atomic mass is 10.1. The van der Waals surface area contributed by atoms with Crippen LogP contribution in [-0.4, -0.2) is 52.6 Å². The van der Waals surface area contributed by atoms with Gasteiger partial charge in [-0.1, -0.05) is 12.1 Å². The molecule has 1 saturated heterocycles. The summed E-state index contributed by atoms with van der Waals surface area (Å²) in [6.07, 6.45) is 0.602. The first-order chi connectivity index (χ1) is 12.0. The molecular weight excluding hydrogens is 327 g/mol. The van der Waals surface area contributed by atoms with Crippen LogP contribution in [0.1, 0.15) is 11.7 Å². The molecule has 1 aliphatic rings. The molecule has 0 spiro atoms. The Balaban J connectivity index is 1.53. The maximum atomic E-state index is 12.9. The second kappa shape index (κ2) is 7.54. The van der Waals surface area contributed by atoms with Crippen molar-refractivity contribution in [2.24, 2.45) is 0 Å². The van der Waals surface area contributed by atoms with E-state index in [-0.39, 0.29) is 11.5 Å². The highest BCUT2D eigenvalue weighted by molar-refractivity contribution is 5.43. The molecule has 3 rings (SSSR count). The first-order valence-corrected chi connectivity index (χ1v) is 8.04. The number of benzene rings is 1. The standard InChI is InChI=1S/C17H19FN4O3/c18-14-3-1-13(2-4-14)16(23)12-20-7-9-21(10-8-20)17-6-5-15(11-19-17)22(24)25/h1-6,11,16,23H,7-10,12H2. The van der Waals surface area contributed by atoms with Gasteiger partial charge in [0.2, 0.25) is 0 Å². The molecule has 1 unspecified atom stereocenters. The predicted molar refractivity (Wildman–Crippen MR) is 90.9 cm³/mol. The van der Waals surface area contributed by atoms with E-state index in [4.69, 9.17) is 0 Å². The summed E-state index contributed by atoms with van der Waals surface area (Å²) in [5.41, 5.74) is 0.672. The van der Waals surface area contributed by atoms with Gasteiger partial charge >= 0.3 is 0 Å². The highest BCUT2D eigenvalue weighted by Gasteiger charge is 2.21. The van der Waals surface area contributed by atoms with Gasteiger partial charge in [-0.25, -0.2) is 9.37 Å². The molecule has 0 aliphatic carbocycles. The van der Waals surface area contributed by atoms with Gasteiger partial charge in [0.15, 0.2) is 0 Å². The van der Waals surface area contributed by atoms with Gasteiger partial charge in [-0.3, -0.25) is 15.0 Å². The number of nitro groups is 1. The molecule has 25 heavy (non-hydrogen) atoms. The highest BCUT2D eigenvalue weighted by Crippen LogP contribution is 2.19. The number of piperazine rings is 1. The minimum atomic E-state index is -0.662. The van der Waals surface area contributed by atoms with Gasteiger partial charge in [0, 0.05) is 38.8 Å². The molecular formula is C17H19FN4O3. The highest BCUT2D eigenvalue weighted by atomic mass is 19.1. The van der Waals surface area contributed by atoms with Crippen LogP contribution in [0.4, 0.5) is 15.9 Å². The largest absolute Gasteiger partial charge is 0.387 e. The Labute approximate surface area is 144 Å². The summed E-state index contributed by atoms with van der Waals surface area (Å²) in [5, 5.41) is 20.9. The summed E-state index contributed by atoms with van der Waals surface area (Å²) in [6, 6.07) is 8.98. The number of β-amino-alcohol motifs (C(OH)–C–C–N with tert-alkyl or cyclic N) is 1. The van der Waals surface area contributed by atoms with Crippen molar-refractivity contribution < 1.29 is 14.4 Å². The zero-order chi connectivity index (χ0) is 17.8. The normalized spacial score (nSPS) is 16.6. The molecule has 0 radical (unpaired) electrons. The van der Waals surface area contributed by atoms with E-state index in [1.807, 2.05) is 0 Å². The summed E-state index contributed by atoms with van der Waals surface area (Å²) < 4.78 is 12.9. The average Bonchev–Trinajstić information content (AvgIpc) is 2.63. The third-order valence-corrected chi connectivity index (χ3v) is 4.33. The van der Waals surface area contributed by atoms with Crippen LogP contribution in [0, 0.1) is 15.9 Å². The maximum absolute atomic E-state index is 12.9. The zero-order valence-corrected chi connectivity index (χ0v) is 13.6. The molecule has 1 aromatic carbocycles. The number of anilines is 1. The van der Waals surface area contributed by atoms with E-state index in [1.165, 1.54) is 24.4 Å². The van der Waals surface area contributed by atoms with Crippen LogP contribution < -0.4 is 4.90 Å². The molecule has 1 N–H and O–H groups in total. The summed E-state index contributed by atoms with van der Waals surface area (Å²) in [6.45, 7) is 3.42. The summed E-state index contributed by atoms with van der Waals surface area (Å²) in [7, 11) is 0. The second-order valence-electron chi connectivity index (χ2n) is 5.99. The van der Waals surface area contributed by atoms with Crippen LogP contribution >= 0.6 is 0 Å². The van der Waals surface area contributed by atoms with E-state index < -0.39 is 11.0 Å². The maximum Gasteiger partial charge on any atom is 0.287 e. The van der Waals surface area contributed by atoms with Gasteiger partial charge in [0.1, 0.15) is 17.8 Å². The average molecular weight is 346 g/mol. The number of pyridine rings is 1. The van der Waals surface area contributed by atoms with E-state index in [0.29, 0.717) is 17.9 Å². The van der Waals surface area contributed by atoms with Crippen molar-refractivity contribution in [2.75, 3.05) is 37.6 Å². The van der Waals surface area contributed by atoms with E-state index in [0.717, 1.165) is 26.2 Å². The van der Waals surface area contributed by atoms with Crippen molar-refractivity contribution in [1.29, 1.82) is 0 Å². The number of rotatable bonds is 5. The fourth-order valence-electron chi connectivity index (χ4n) is 2.87. The Bertz CT molecular complexity index is 716. The minimum Gasteiger partial charge on any atom is -0.387 e. The molecule has 2 heterocycles. The van der Waals surface area contributed by atoms with Crippen molar-refractivity contribution in [3.8, 4) is 0 Å². The number of nitrogens with zero attached hydrogens (tertiary/aromatic N) is 4. The first-order valence-electron chi connectivity index (χ1n) is 8.04. The van der Waals surface area contributed by atoms with Crippen molar-refractivity contribution in [2.45, 2.75) is 6.10 Å². The molecule has 7 nitrogen and oxygen atoms in total. The summed E-state index contributed by atoms with van der Waals surface area (Å²) in [4.78, 5) is 18.5. The molecule has 1 aromatic heterocycles. The van der Waals surface area contributed by atoms with Crippen molar-refractivity contribution in [1.82, 2.24) is 9.88 Å². The summed E-state index contributed by atoms with van der Waals surface area (Å²) in [5.74, 6) is 0.393. The van der Waals surface area contributed by atoms with Crippen LogP contribution in [0.2, 0.25) is 0 Å². The van der Waals surface area contributed by atoms with Crippen LogP contribution in [0.3, 0.4) is 0 Å². The minimum absolute atomic E-state index is 0.0233. The van der Waals surface area contributed by atoms with E-state index in [9.17, 15) is 19.6 Å². The Kier molecular flexibility index (Phi) is 5.20. The van der Waals surface area contributed by atoms with Gasteiger partial charge in [0.05, 0.1) is 11.0 Å². The molecule has 0 saturated carbocycles. The quantitative estimate of drug-likeness (QED) is 0.658. The lowest BCUT2D eigenvalue weighted by molar-refractivity contribution is -0.385. The fraction of sp³-hybridized carbons (Fsp3) is 0.353. The van der Waals surface area contributed by atoms with Crippen molar-refractivity contribution >= 4 is 11.5 Å². The fourth-order valence-corrected chi connectivity index (χ4v) is 2.87. The van der Waals surface area contributed by atoms with Gasteiger partial charge in [-0.05, 0) is 23.8 Å². The van der Waals surface area contributed by atoms with Crippen LogP contribution in [0.5, 0.6) is 0 Å². The summed E-state index contributed by atoms with van der Waals surface area (Å²) >= 11 is 0. The molecule has 0 bridgehead atoms. The Morgan fingerprint density at radius 2 is 1.84 bits per heavy atom. The number of halogens is 1. The molecule has 132 valence electrons. The van der Waals surface area contributed by atoms with Crippen molar-refractivity contribution in [3.63, 3.8) is 0 Å². The SMILES string of the molecule is O=[N+]([O-])c1ccc(N2CCN(CC(O)c3ccc(F)cc3)CC2)nc1. The zero-order valence-electron chi connectivity index (χ0n) is 13.6. The van der Waals surface area contributed by atoms with Gasteiger partial charge in [-0.2, -0.15) is 0 Å². The van der Waals surface area contributed by atoms with E-state index in [1.54, 1.807) is 18.2 Å². The number of aliphatic hydroxyl groups excluding tert-OH is 1. The third-order valence-electron chi connectivity index (χ3n) is 4.33. The third kappa shape index (κ3) is 4.28.